The number of carbonyl (C=O) groups is 1. The molecule has 1 aliphatic carbocycles. The number of anilines is 1. The maximum Gasteiger partial charge on any atom is 0.224 e. The van der Waals surface area contributed by atoms with Gasteiger partial charge in [-0.05, 0) is 36.5 Å². The van der Waals surface area contributed by atoms with E-state index in [1.54, 1.807) is 0 Å². The molecule has 0 aromatic heterocycles. The number of hydrogen-bond donors (Lipinski definition) is 2. The molecule has 2 N–H and O–H groups in total. The number of aliphatic hydroxyl groups is 1. The Morgan fingerprint density at radius 2 is 2.06 bits per heavy atom. The van der Waals surface area contributed by atoms with E-state index in [4.69, 9.17) is 5.11 Å². The first-order valence-corrected chi connectivity index (χ1v) is 6.77. The largest absolute Gasteiger partial charge is 0.392 e. The number of benzene rings is 1. The first-order chi connectivity index (χ1) is 8.78. The Kier molecular flexibility index (Phi) is 4.76. The second-order valence-corrected chi connectivity index (χ2v) is 5.11. The smallest absolute Gasteiger partial charge is 0.224 e. The average molecular weight is 247 g/mol. The van der Waals surface area contributed by atoms with Crippen LogP contribution in [0.2, 0.25) is 0 Å². The summed E-state index contributed by atoms with van der Waals surface area (Å²) in [5, 5.41) is 12.0. The van der Waals surface area contributed by atoms with E-state index < -0.39 is 0 Å². The van der Waals surface area contributed by atoms with Gasteiger partial charge in [-0.25, -0.2) is 0 Å². The molecule has 3 heteroatoms. The van der Waals surface area contributed by atoms with E-state index in [0.29, 0.717) is 12.3 Å². The van der Waals surface area contributed by atoms with Gasteiger partial charge in [-0.3, -0.25) is 4.79 Å². The molecular formula is C15H21NO2. The molecule has 1 aromatic carbocycles. The molecule has 1 saturated carbocycles. The lowest BCUT2D eigenvalue weighted by molar-refractivity contribution is -0.117. The number of nitrogens with one attached hydrogen (secondary N) is 1. The second kappa shape index (κ2) is 6.55. The number of aliphatic hydroxyl groups excluding tert-OH is 1. The molecule has 0 saturated heterocycles. The molecule has 98 valence electrons. The number of amides is 1. The highest BCUT2D eigenvalue weighted by molar-refractivity contribution is 5.90. The Hall–Kier alpha value is -1.35. The van der Waals surface area contributed by atoms with Crippen LogP contribution in [0, 0.1) is 5.92 Å². The van der Waals surface area contributed by atoms with Crippen molar-refractivity contribution in [3.63, 3.8) is 0 Å². The Bertz CT molecular complexity index is 397. The van der Waals surface area contributed by atoms with Gasteiger partial charge in [0, 0.05) is 12.1 Å². The molecular weight excluding hydrogens is 226 g/mol. The van der Waals surface area contributed by atoms with Crippen molar-refractivity contribution in [2.75, 3.05) is 5.32 Å². The lowest BCUT2D eigenvalue weighted by atomic mass is 9.87. The van der Waals surface area contributed by atoms with E-state index in [9.17, 15) is 4.79 Å². The number of rotatable bonds is 4. The van der Waals surface area contributed by atoms with Crippen LogP contribution in [0.1, 0.15) is 44.1 Å². The van der Waals surface area contributed by atoms with E-state index in [0.717, 1.165) is 11.3 Å². The second-order valence-electron chi connectivity index (χ2n) is 5.11. The number of carbonyl (C=O) groups excluding carboxylic acids is 1. The fourth-order valence-corrected chi connectivity index (χ4v) is 2.61. The first-order valence-electron chi connectivity index (χ1n) is 6.77. The molecule has 1 aliphatic rings. The first kappa shape index (κ1) is 13.1. The normalized spacial score (nSPS) is 16.5. The van der Waals surface area contributed by atoms with Crippen LogP contribution in [0.4, 0.5) is 5.69 Å². The summed E-state index contributed by atoms with van der Waals surface area (Å²) in [6.07, 6.45) is 6.84. The summed E-state index contributed by atoms with van der Waals surface area (Å²) in [4.78, 5) is 11.9. The predicted octanol–water partition coefficient (Wildman–Crippen LogP) is 3.09. The Labute approximate surface area is 108 Å². The Balaban J connectivity index is 1.85. The third-order valence-electron chi connectivity index (χ3n) is 3.59. The van der Waals surface area contributed by atoms with Gasteiger partial charge in [-0.15, -0.1) is 0 Å². The maximum atomic E-state index is 11.9. The van der Waals surface area contributed by atoms with Crippen molar-refractivity contribution < 1.29 is 9.90 Å². The molecule has 0 aliphatic heterocycles. The molecule has 0 unspecified atom stereocenters. The van der Waals surface area contributed by atoms with Crippen LogP contribution in [-0.4, -0.2) is 11.0 Å². The van der Waals surface area contributed by atoms with Crippen LogP contribution in [0.15, 0.2) is 24.3 Å². The zero-order chi connectivity index (χ0) is 12.8. The van der Waals surface area contributed by atoms with Gasteiger partial charge in [0.05, 0.1) is 6.61 Å². The molecule has 1 amide bonds. The van der Waals surface area contributed by atoms with Gasteiger partial charge in [0.25, 0.3) is 0 Å². The molecule has 2 rings (SSSR count). The molecule has 1 aromatic rings. The van der Waals surface area contributed by atoms with Crippen molar-refractivity contribution in [3.8, 4) is 0 Å². The lowest BCUT2D eigenvalue weighted by Crippen LogP contribution is -2.18. The molecule has 1 fully saturated rings. The minimum atomic E-state index is 0.00629. The van der Waals surface area contributed by atoms with Crippen molar-refractivity contribution in [3.05, 3.63) is 29.8 Å². The summed E-state index contributed by atoms with van der Waals surface area (Å²) in [5.74, 6) is 0.650. The van der Waals surface area contributed by atoms with Gasteiger partial charge in [0.15, 0.2) is 0 Å². The molecule has 3 nitrogen and oxygen atoms in total. The van der Waals surface area contributed by atoms with Crippen LogP contribution in [0.3, 0.4) is 0 Å². The van der Waals surface area contributed by atoms with Gasteiger partial charge < -0.3 is 10.4 Å². The van der Waals surface area contributed by atoms with E-state index in [1.807, 2.05) is 24.3 Å². The molecule has 0 heterocycles. The predicted molar refractivity (Wildman–Crippen MR) is 72.2 cm³/mol. The van der Waals surface area contributed by atoms with Gasteiger partial charge >= 0.3 is 0 Å². The molecule has 18 heavy (non-hydrogen) atoms. The van der Waals surface area contributed by atoms with Crippen molar-refractivity contribution >= 4 is 11.6 Å². The van der Waals surface area contributed by atoms with Gasteiger partial charge in [0.2, 0.25) is 5.91 Å². The molecule has 0 atom stereocenters. The molecule has 0 radical (unpaired) electrons. The fraction of sp³-hybridized carbons (Fsp3) is 0.533. The van der Waals surface area contributed by atoms with Gasteiger partial charge in [-0.1, -0.05) is 31.4 Å². The van der Waals surface area contributed by atoms with Gasteiger partial charge in [0.1, 0.15) is 0 Å². The van der Waals surface area contributed by atoms with E-state index in [2.05, 4.69) is 5.32 Å². The summed E-state index contributed by atoms with van der Waals surface area (Å²) in [6.45, 7) is 0.00629. The van der Waals surface area contributed by atoms with Crippen LogP contribution >= 0.6 is 0 Å². The van der Waals surface area contributed by atoms with Crippen LogP contribution < -0.4 is 5.32 Å². The average Bonchev–Trinajstić information content (AvgIpc) is 2.40. The highest BCUT2D eigenvalue weighted by Crippen LogP contribution is 2.26. The summed E-state index contributed by atoms with van der Waals surface area (Å²) in [6, 6.07) is 7.37. The Morgan fingerprint density at radius 3 is 2.78 bits per heavy atom. The van der Waals surface area contributed by atoms with Crippen molar-refractivity contribution in [2.24, 2.45) is 5.92 Å². The van der Waals surface area contributed by atoms with Crippen molar-refractivity contribution in [2.45, 2.75) is 45.1 Å². The zero-order valence-corrected chi connectivity index (χ0v) is 10.7. The summed E-state index contributed by atoms with van der Waals surface area (Å²) in [5.41, 5.74) is 1.60. The molecule has 0 bridgehead atoms. The standard InChI is InChI=1S/C15H21NO2/c17-11-13-7-4-8-14(9-13)16-15(18)10-12-5-2-1-3-6-12/h4,7-9,12,17H,1-3,5-6,10-11H2,(H,16,18). The third-order valence-corrected chi connectivity index (χ3v) is 3.59. The van der Waals surface area contributed by atoms with Crippen LogP contribution in [0.5, 0.6) is 0 Å². The van der Waals surface area contributed by atoms with E-state index in [-0.39, 0.29) is 12.5 Å². The van der Waals surface area contributed by atoms with E-state index >= 15 is 0 Å². The SMILES string of the molecule is O=C(CC1CCCCC1)Nc1cccc(CO)c1. The highest BCUT2D eigenvalue weighted by Gasteiger charge is 2.16. The third kappa shape index (κ3) is 3.84. The van der Waals surface area contributed by atoms with Crippen LogP contribution in [-0.2, 0) is 11.4 Å². The Morgan fingerprint density at radius 1 is 1.28 bits per heavy atom. The van der Waals surface area contributed by atoms with E-state index in [1.165, 1.54) is 32.1 Å². The minimum absolute atomic E-state index is 0.00629. The molecule has 0 spiro atoms. The lowest BCUT2D eigenvalue weighted by Gasteiger charge is -2.20. The minimum Gasteiger partial charge on any atom is -0.392 e. The zero-order valence-electron chi connectivity index (χ0n) is 10.7. The summed E-state index contributed by atoms with van der Waals surface area (Å²) < 4.78 is 0. The van der Waals surface area contributed by atoms with Crippen LogP contribution in [0.25, 0.3) is 0 Å². The topological polar surface area (TPSA) is 49.3 Å². The van der Waals surface area contributed by atoms with Gasteiger partial charge in [-0.2, -0.15) is 0 Å². The fourth-order valence-electron chi connectivity index (χ4n) is 2.61. The van der Waals surface area contributed by atoms with Crippen molar-refractivity contribution in [1.82, 2.24) is 0 Å². The maximum absolute atomic E-state index is 11.9. The summed E-state index contributed by atoms with van der Waals surface area (Å²) >= 11 is 0. The highest BCUT2D eigenvalue weighted by atomic mass is 16.3. The summed E-state index contributed by atoms with van der Waals surface area (Å²) in [7, 11) is 0. The quantitative estimate of drug-likeness (QED) is 0.859. The monoisotopic (exact) mass is 247 g/mol. The number of hydrogen-bond acceptors (Lipinski definition) is 2. The van der Waals surface area contributed by atoms with Crippen molar-refractivity contribution in [1.29, 1.82) is 0 Å².